The first-order chi connectivity index (χ1) is 10.3. The molecule has 0 saturated carbocycles. The van der Waals surface area contributed by atoms with Gasteiger partial charge in [-0.1, -0.05) is 0 Å². The lowest BCUT2D eigenvalue weighted by Gasteiger charge is -2.34. The Morgan fingerprint density at radius 1 is 1.27 bits per heavy atom. The molecule has 0 radical (unpaired) electrons. The van der Waals surface area contributed by atoms with Crippen LogP contribution in [0.15, 0.2) is 24.3 Å². The summed E-state index contributed by atoms with van der Waals surface area (Å²) in [5, 5.41) is 0. The molecule has 0 spiro atoms. The number of hydrogen-bond donors (Lipinski definition) is 0. The van der Waals surface area contributed by atoms with Crippen LogP contribution in [0, 0.1) is 5.82 Å². The van der Waals surface area contributed by atoms with Crippen molar-refractivity contribution in [3.8, 4) is 0 Å². The molecule has 8 heteroatoms. The fourth-order valence-electron chi connectivity index (χ4n) is 2.44. The van der Waals surface area contributed by atoms with Crippen molar-refractivity contribution in [2.75, 3.05) is 36.9 Å². The molecule has 122 valence electrons. The van der Waals surface area contributed by atoms with Gasteiger partial charge in [-0.2, -0.15) is 0 Å². The lowest BCUT2D eigenvalue weighted by molar-refractivity contribution is -0.136. The number of amides is 1. The first-order valence-corrected chi connectivity index (χ1v) is 8.77. The lowest BCUT2D eigenvalue weighted by Crippen LogP contribution is -2.52. The second kappa shape index (κ2) is 6.62. The molecular formula is C14H19FN2O4S. The molecule has 1 aromatic carbocycles. The summed E-state index contributed by atoms with van der Waals surface area (Å²) in [7, 11) is -3.68. The van der Waals surface area contributed by atoms with E-state index in [1.165, 1.54) is 31.2 Å². The van der Waals surface area contributed by atoms with Gasteiger partial charge in [0.15, 0.2) is 0 Å². The van der Waals surface area contributed by atoms with Gasteiger partial charge in [0.05, 0.1) is 25.2 Å². The zero-order valence-corrected chi connectivity index (χ0v) is 13.3. The molecule has 1 fully saturated rings. The summed E-state index contributed by atoms with van der Waals surface area (Å²) in [6.07, 6.45) is 1.03. The Morgan fingerprint density at radius 2 is 1.82 bits per heavy atom. The van der Waals surface area contributed by atoms with E-state index in [4.69, 9.17) is 4.74 Å². The highest BCUT2D eigenvalue weighted by Gasteiger charge is 2.32. The Bertz CT molecular complexity index is 627. The number of benzene rings is 1. The van der Waals surface area contributed by atoms with Crippen molar-refractivity contribution in [1.82, 2.24) is 4.90 Å². The van der Waals surface area contributed by atoms with E-state index in [0.717, 1.165) is 10.6 Å². The van der Waals surface area contributed by atoms with Gasteiger partial charge in [0.25, 0.3) is 0 Å². The van der Waals surface area contributed by atoms with Crippen molar-refractivity contribution in [3.05, 3.63) is 30.1 Å². The smallest absolute Gasteiger partial charge is 0.246 e. The maximum absolute atomic E-state index is 13.0. The van der Waals surface area contributed by atoms with E-state index in [0.29, 0.717) is 26.3 Å². The maximum atomic E-state index is 13.0. The van der Waals surface area contributed by atoms with Crippen LogP contribution in [0.3, 0.4) is 0 Å². The number of hydrogen-bond acceptors (Lipinski definition) is 4. The predicted molar refractivity (Wildman–Crippen MR) is 80.6 cm³/mol. The minimum Gasteiger partial charge on any atom is -0.378 e. The van der Waals surface area contributed by atoms with E-state index in [9.17, 15) is 17.6 Å². The van der Waals surface area contributed by atoms with Gasteiger partial charge in [0, 0.05) is 13.1 Å². The number of carbonyl (C=O) groups excluding carboxylic acids is 1. The fourth-order valence-corrected chi connectivity index (χ4v) is 3.61. The SMILES string of the molecule is C[C@H](C(=O)N1CCOCC1)N(c1ccc(F)cc1)S(C)(=O)=O. The molecule has 0 bridgehead atoms. The van der Waals surface area contributed by atoms with Crippen LogP contribution in [0.25, 0.3) is 0 Å². The molecule has 1 aliphatic heterocycles. The standard InChI is InChI=1S/C14H19FN2O4S/c1-11(14(18)16-7-9-21-10-8-16)17(22(2,19)20)13-5-3-12(15)4-6-13/h3-6,11H,7-10H2,1-2H3/t11-/m1/s1. The van der Waals surface area contributed by atoms with Crippen LogP contribution in [0.1, 0.15) is 6.92 Å². The molecule has 1 heterocycles. The van der Waals surface area contributed by atoms with Crippen molar-refractivity contribution in [2.45, 2.75) is 13.0 Å². The van der Waals surface area contributed by atoms with Gasteiger partial charge in [0.1, 0.15) is 11.9 Å². The van der Waals surface area contributed by atoms with Crippen LogP contribution in [-0.4, -0.2) is 57.8 Å². The molecule has 1 atom stereocenters. The van der Waals surface area contributed by atoms with E-state index in [-0.39, 0.29) is 11.6 Å². The number of halogens is 1. The number of ether oxygens (including phenoxy) is 1. The Morgan fingerprint density at radius 3 is 2.32 bits per heavy atom. The maximum Gasteiger partial charge on any atom is 0.246 e. The number of sulfonamides is 1. The summed E-state index contributed by atoms with van der Waals surface area (Å²) in [5.74, 6) is -0.762. The molecule has 2 rings (SSSR count). The zero-order chi connectivity index (χ0) is 16.3. The molecule has 0 N–H and O–H groups in total. The van der Waals surface area contributed by atoms with Crippen molar-refractivity contribution in [3.63, 3.8) is 0 Å². The summed E-state index contributed by atoms with van der Waals surface area (Å²) in [6, 6.07) is 4.12. The quantitative estimate of drug-likeness (QED) is 0.820. The monoisotopic (exact) mass is 330 g/mol. The van der Waals surface area contributed by atoms with Gasteiger partial charge in [-0.05, 0) is 31.2 Å². The Kier molecular flexibility index (Phi) is 5.02. The van der Waals surface area contributed by atoms with E-state index >= 15 is 0 Å². The third-order valence-electron chi connectivity index (χ3n) is 3.47. The average Bonchev–Trinajstić information content (AvgIpc) is 2.48. The second-order valence-corrected chi connectivity index (χ2v) is 7.01. The summed E-state index contributed by atoms with van der Waals surface area (Å²) < 4.78 is 43.4. The highest BCUT2D eigenvalue weighted by Crippen LogP contribution is 2.22. The van der Waals surface area contributed by atoms with Crippen LogP contribution in [0.4, 0.5) is 10.1 Å². The number of rotatable bonds is 4. The third-order valence-corrected chi connectivity index (χ3v) is 4.71. The molecule has 0 aromatic heterocycles. The van der Waals surface area contributed by atoms with Gasteiger partial charge >= 0.3 is 0 Å². The first kappa shape index (κ1) is 16.7. The second-order valence-electron chi connectivity index (χ2n) is 5.15. The molecule has 1 amide bonds. The molecule has 22 heavy (non-hydrogen) atoms. The minimum atomic E-state index is -3.68. The fraction of sp³-hybridized carbons (Fsp3) is 0.500. The van der Waals surface area contributed by atoms with Crippen molar-refractivity contribution in [2.24, 2.45) is 0 Å². The Labute approximate surface area is 129 Å². The Hall–Kier alpha value is -1.67. The van der Waals surface area contributed by atoms with Crippen molar-refractivity contribution < 1.29 is 22.3 Å². The van der Waals surface area contributed by atoms with Crippen LogP contribution in [-0.2, 0) is 19.6 Å². The average molecular weight is 330 g/mol. The first-order valence-electron chi connectivity index (χ1n) is 6.92. The summed E-state index contributed by atoms with van der Waals surface area (Å²) in [4.78, 5) is 14.1. The van der Waals surface area contributed by atoms with Crippen LogP contribution >= 0.6 is 0 Å². The van der Waals surface area contributed by atoms with E-state index in [1.807, 2.05) is 0 Å². The number of nitrogens with zero attached hydrogens (tertiary/aromatic N) is 2. The molecule has 1 saturated heterocycles. The topological polar surface area (TPSA) is 66.9 Å². The van der Waals surface area contributed by atoms with Gasteiger partial charge in [-0.3, -0.25) is 9.10 Å². The van der Waals surface area contributed by atoms with E-state index in [1.54, 1.807) is 4.90 Å². The van der Waals surface area contributed by atoms with Crippen LogP contribution in [0.2, 0.25) is 0 Å². The van der Waals surface area contributed by atoms with Gasteiger partial charge < -0.3 is 9.64 Å². The normalized spacial score (nSPS) is 17.1. The highest BCUT2D eigenvalue weighted by molar-refractivity contribution is 7.92. The largest absolute Gasteiger partial charge is 0.378 e. The number of anilines is 1. The minimum absolute atomic E-state index is 0.262. The molecule has 1 aliphatic rings. The summed E-state index contributed by atoms with van der Waals surface area (Å²) in [5.41, 5.74) is 0.262. The van der Waals surface area contributed by atoms with Crippen molar-refractivity contribution >= 4 is 21.6 Å². The van der Waals surface area contributed by atoms with Gasteiger partial charge in [-0.15, -0.1) is 0 Å². The molecule has 0 aliphatic carbocycles. The van der Waals surface area contributed by atoms with E-state index in [2.05, 4.69) is 0 Å². The molecular weight excluding hydrogens is 311 g/mol. The van der Waals surface area contributed by atoms with Crippen LogP contribution < -0.4 is 4.31 Å². The highest BCUT2D eigenvalue weighted by atomic mass is 32.2. The summed E-state index contributed by atoms with van der Waals surface area (Å²) in [6.45, 7) is 3.28. The van der Waals surface area contributed by atoms with E-state index < -0.39 is 21.9 Å². The van der Waals surface area contributed by atoms with Crippen molar-refractivity contribution in [1.29, 1.82) is 0 Å². The molecule has 1 aromatic rings. The summed E-state index contributed by atoms with van der Waals surface area (Å²) >= 11 is 0. The number of carbonyl (C=O) groups is 1. The lowest BCUT2D eigenvalue weighted by atomic mass is 10.2. The molecule has 0 unspecified atom stereocenters. The van der Waals surface area contributed by atoms with Gasteiger partial charge in [0.2, 0.25) is 15.9 Å². The zero-order valence-electron chi connectivity index (χ0n) is 12.5. The number of morpholine rings is 1. The predicted octanol–water partition coefficient (Wildman–Crippen LogP) is 0.839. The van der Waals surface area contributed by atoms with Crippen LogP contribution in [0.5, 0.6) is 0 Å². The van der Waals surface area contributed by atoms with Gasteiger partial charge in [-0.25, -0.2) is 12.8 Å². The Balaban J connectivity index is 2.29. The third kappa shape index (κ3) is 3.75. The molecule has 6 nitrogen and oxygen atoms in total.